The van der Waals surface area contributed by atoms with E-state index in [9.17, 15) is 19.8 Å². The van der Waals surface area contributed by atoms with Crippen molar-refractivity contribution < 1.29 is 19.8 Å². The number of phenols is 2. The van der Waals surface area contributed by atoms with Crippen molar-refractivity contribution in [1.29, 1.82) is 0 Å². The van der Waals surface area contributed by atoms with Gasteiger partial charge in [0.05, 0.1) is 0 Å². The van der Waals surface area contributed by atoms with Gasteiger partial charge in [-0.1, -0.05) is 66.8 Å². The fourth-order valence-electron chi connectivity index (χ4n) is 4.25. The molecule has 2 rings (SSSR count). The van der Waals surface area contributed by atoms with Crippen LogP contribution in [0, 0.1) is 0 Å². The van der Waals surface area contributed by atoms with Crippen LogP contribution >= 0.6 is 0 Å². The quantitative estimate of drug-likeness (QED) is 0.300. The highest BCUT2D eigenvalue weighted by Crippen LogP contribution is 2.38. The predicted octanol–water partition coefficient (Wildman–Crippen LogP) is 6.47. The van der Waals surface area contributed by atoms with Crippen molar-refractivity contribution in [2.24, 2.45) is 0 Å². The predicted molar refractivity (Wildman–Crippen MR) is 156 cm³/mol. The van der Waals surface area contributed by atoms with Crippen LogP contribution in [0.2, 0.25) is 0 Å². The summed E-state index contributed by atoms with van der Waals surface area (Å²) in [7, 11) is 0. The van der Waals surface area contributed by atoms with E-state index in [1.807, 2.05) is 79.7 Å². The van der Waals surface area contributed by atoms with Gasteiger partial charge in [-0.25, -0.2) is 0 Å². The highest BCUT2D eigenvalue weighted by molar-refractivity contribution is 5.82. The molecule has 0 spiro atoms. The zero-order valence-electron chi connectivity index (χ0n) is 24.3. The van der Waals surface area contributed by atoms with Crippen molar-refractivity contribution in [1.82, 2.24) is 10.9 Å². The van der Waals surface area contributed by atoms with Crippen molar-refractivity contribution >= 4 is 23.0 Å². The number of hydrogen-bond donors (Lipinski definition) is 4. The number of hydrogen-bond acceptors (Lipinski definition) is 4. The van der Waals surface area contributed by atoms with Crippen LogP contribution in [0.4, 0.5) is 0 Å². The molecule has 0 bridgehead atoms. The molecule has 0 fully saturated rings. The molecule has 4 N–H and O–H groups in total. The molecule has 206 valence electrons. The topological polar surface area (TPSA) is 98.7 Å². The molecule has 0 aliphatic carbocycles. The minimum atomic E-state index is -0.301. The Labute approximate surface area is 227 Å². The summed E-state index contributed by atoms with van der Waals surface area (Å²) in [5.74, 6) is -0.150. The Kier molecular flexibility index (Phi) is 9.60. The second kappa shape index (κ2) is 11.9. The van der Waals surface area contributed by atoms with Crippen molar-refractivity contribution in [2.45, 2.75) is 91.9 Å². The van der Waals surface area contributed by atoms with Crippen LogP contribution in [0.5, 0.6) is 11.5 Å². The van der Waals surface area contributed by atoms with Gasteiger partial charge in [-0.15, -0.1) is 0 Å². The molecule has 0 aromatic heterocycles. The van der Waals surface area contributed by atoms with E-state index < -0.39 is 0 Å². The third-order valence-corrected chi connectivity index (χ3v) is 6.50. The first-order valence-corrected chi connectivity index (χ1v) is 13.0. The molecule has 2 aromatic rings. The molecule has 2 amide bonds. The number of allylic oxidation sites excluding steroid dienone is 2. The molecule has 0 aliphatic rings. The summed E-state index contributed by atoms with van der Waals surface area (Å²) in [5, 5.41) is 21.4. The molecule has 0 unspecified atom stereocenters. The maximum absolute atomic E-state index is 12.4. The summed E-state index contributed by atoms with van der Waals surface area (Å²) in [5.41, 5.74) is 10.8. The number of nitrogens with one attached hydrogen (secondary N) is 2. The monoisotopic (exact) mass is 520 g/mol. The van der Waals surface area contributed by atoms with Crippen LogP contribution < -0.4 is 10.9 Å². The molecule has 0 saturated heterocycles. The van der Waals surface area contributed by atoms with Gasteiger partial charge < -0.3 is 10.2 Å². The van der Waals surface area contributed by atoms with Crippen LogP contribution in [-0.4, -0.2) is 22.0 Å². The molecule has 0 aliphatic heterocycles. The van der Waals surface area contributed by atoms with Gasteiger partial charge in [0.1, 0.15) is 11.5 Å². The summed E-state index contributed by atoms with van der Waals surface area (Å²) in [6, 6.07) is 7.58. The lowest BCUT2D eigenvalue weighted by Gasteiger charge is -2.23. The molecule has 2 aromatic carbocycles. The minimum absolute atomic E-state index is 0.180. The first kappa shape index (κ1) is 30.7. The summed E-state index contributed by atoms with van der Waals surface area (Å²) < 4.78 is 0. The molecule has 38 heavy (non-hydrogen) atoms. The molecular weight excluding hydrogens is 476 g/mol. The number of carbonyl (C=O) groups is 2. The lowest BCUT2D eigenvalue weighted by molar-refractivity contribution is -0.128. The summed E-state index contributed by atoms with van der Waals surface area (Å²) in [6.45, 7) is 23.8. The second-order valence-corrected chi connectivity index (χ2v) is 12.2. The maximum Gasteiger partial charge on any atom is 0.238 e. The Morgan fingerprint density at radius 1 is 0.684 bits per heavy atom. The second-order valence-electron chi connectivity index (χ2n) is 12.2. The summed E-state index contributed by atoms with van der Waals surface area (Å²) in [4.78, 5) is 24.9. The van der Waals surface area contributed by atoms with E-state index in [0.717, 1.165) is 33.4 Å². The zero-order chi connectivity index (χ0) is 29.0. The first-order valence-electron chi connectivity index (χ1n) is 13.0. The molecule has 0 saturated carbocycles. The largest absolute Gasteiger partial charge is 0.507 e. The molecule has 0 heterocycles. The number of benzene rings is 2. The highest BCUT2D eigenvalue weighted by atomic mass is 16.3. The third-order valence-electron chi connectivity index (χ3n) is 6.50. The normalized spacial score (nSPS) is 11.7. The van der Waals surface area contributed by atoms with Crippen molar-refractivity contribution in [3.8, 4) is 11.5 Å². The van der Waals surface area contributed by atoms with Gasteiger partial charge >= 0.3 is 0 Å². The van der Waals surface area contributed by atoms with E-state index >= 15 is 0 Å². The van der Waals surface area contributed by atoms with Gasteiger partial charge in [0.2, 0.25) is 11.8 Å². The van der Waals surface area contributed by atoms with Crippen LogP contribution in [0.15, 0.2) is 37.4 Å². The number of aromatic hydroxyl groups is 2. The van der Waals surface area contributed by atoms with Gasteiger partial charge in [-0.2, -0.15) is 0 Å². The third kappa shape index (κ3) is 7.98. The lowest BCUT2D eigenvalue weighted by atomic mass is 9.82. The highest BCUT2D eigenvalue weighted by Gasteiger charge is 2.23. The van der Waals surface area contributed by atoms with Gasteiger partial charge in [0, 0.05) is 35.1 Å². The van der Waals surface area contributed by atoms with Crippen LogP contribution in [0.25, 0.3) is 11.1 Å². The smallest absolute Gasteiger partial charge is 0.238 e. The van der Waals surface area contributed by atoms with E-state index in [2.05, 4.69) is 24.0 Å². The average molecular weight is 521 g/mol. The first-order chi connectivity index (χ1) is 17.4. The fraction of sp³-hybridized carbons (Fsp3) is 0.438. The van der Waals surface area contributed by atoms with E-state index in [4.69, 9.17) is 0 Å². The van der Waals surface area contributed by atoms with E-state index in [0.29, 0.717) is 24.0 Å². The number of phenolic OH excluding ortho intramolecular Hbond substituents is 2. The fourth-order valence-corrected chi connectivity index (χ4v) is 4.25. The summed E-state index contributed by atoms with van der Waals surface area (Å²) >= 11 is 0. The molecule has 0 atom stereocenters. The van der Waals surface area contributed by atoms with Crippen LogP contribution in [-0.2, 0) is 33.3 Å². The number of amides is 2. The lowest BCUT2D eigenvalue weighted by Crippen LogP contribution is -2.41. The molecule has 0 radical (unpaired) electrons. The maximum atomic E-state index is 12.4. The van der Waals surface area contributed by atoms with Crippen LogP contribution in [0.3, 0.4) is 0 Å². The van der Waals surface area contributed by atoms with E-state index in [1.165, 1.54) is 0 Å². The van der Waals surface area contributed by atoms with Gasteiger partial charge in [0.15, 0.2) is 0 Å². The molecule has 6 nitrogen and oxygen atoms in total. The number of carbonyl (C=O) groups excluding carboxylic acids is 2. The Balaban J connectivity index is 1.99. The van der Waals surface area contributed by atoms with Crippen LogP contribution in [0.1, 0.15) is 102 Å². The zero-order valence-corrected chi connectivity index (χ0v) is 24.3. The standard InChI is InChI=1S/C32H44N2O4/c1-19(2)23-15-21(17-25(29(23)37)31(5,6)7)11-13-27(35)33-34-28(36)14-12-22-16-24(20(3)4)30(38)26(18-22)32(8,9)10/h15-18,37-38H,1,3,11-14H2,2,4-10H3,(H,33,35)(H,34,36). The Bertz CT molecular complexity index is 1150. The SMILES string of the molecule is C=C(C)c1cc(CCC(=O)NNC(=O)CCc2cc(C(=C)C)c(O)c(C(C)(C)C)c2)cc(C(C)(C)C)c1O. The number of aryl methyl sites for hydroxylation is 2. The van der Waals surface area contributed by atoms with Gasteiger partial charge in [0.25, 0.3) is 0 Å². The Morgan fingerprint density at radius 2 is 1.00 bits per heavy atom. The van der Waals surface area contributed by atoms with E-state index in [1.54, 1.807) is 0 Å². The van der Waals surface area contributed by atoms with Crippen molar-refractivity contribution in [3.05, 3.63) is 70.8 Å². The van der Waals surface area contributed by atoms with Crippen molar-refractivity contribution in [2.75, 3.05) is 0 Å². The van der Waals surface area contributed by atoms with E-state index in [-0.39, 0.29) is 47.0 Å². The minimum Gasteiger partial charge on any atom is -0.507 e. The number of rotatable bonds is 8. The average Bonchev–Trinajstić information content (AvgIpc) is 2.79. The molecule has 6 heteroatoms. The van der Waals surface area contributed by atoms with Crippen molar-refractivity contribution in [3.63, 3.8) is 0 Å². The van der Waals surface area contributed by atoms with Gasteiger partial charge in [-0.05, 0) is 71.9 Å². The molecular formula is C32H44N2O4. The Hall–Kier alpha value is -3.54. The number of hydrazine groups is 1. The van der Waals surface area contributed by atoms with Gasteiger partial charge in [-0.3, -0.25) is 20.4 Å². The Morgan fingerprint density at radius 3 is 1.26 bits per heavy atom. The summed E-state index contributed by atoms with van der Waals surface area (Å²) in [6.07, 6.45) is 1.27.